The first-order chi connectivity index (χ1) is 12.2. The van der Waals surface area contributed by atoms with Crippen molar-refractivity contribution in [2.45, 2.75) is 0 Å². The Bertz CT molecular complexity index is 896. The van der Waals surface area contributed by atoms with E-state index < -0.39 is 0 Å². The number of nitrogens with zero attached hydrogens (tertiary/aromatic N) is 2. The summed E-state index contributed by atoms with van der Waals surface area (Å²) >= 11 is 6.28. The topological polar surface area (TPSA) is 71.4 Å². The molecule has 0 bridgehead atoms. The molecule has 2 aromatic heterocycles. The lowest BCUT2D eigenvalue weighted by Gasteiger charge is -2.26. The van der Waals surface area contributed by atoms with E-state index in [4.69, 9.17) is 20.9 Å². The molecular weight excluding hydrogens is 342 g/mol. The third-order valence-corrected chi connectivity index (χ3v) is 4.54. The molecule has 1 amide bonds. The van der Waals surface area contributed by atoms with Crippen molar-refractivity contribution in [2.75, 3.05) is 26.3 Å². The number of carbonyl (C=O) groups is 1. The fourth-order valence-corrected chi connectivity index (χ4v) is 3.14. The molecule has 128 valence electrons. The zero-order valence-corrected chi connectivity index (χ0v) is 14.1. The summed E-state index contributed by atoms with van der Waals surface area (Å²) in [5.74, 6) is 0.527. The molecule has 3 heterocycles. The summed E-state index contributed by atoms with van der Waals surface area (Å²) in [4.78, 5) is 17.4. The lowest BCUT2D eigenvalue weighted by atomic mass is 10.0. The molecule has 1 aromatic carbocycles. The Morgan fingerprint density at radius 2 is 2.00 bits per heavy atom. The second-order valence-corrected chi connectivity index (χ2v) is 6.16. The SMILES string of the molecule is O=C(c1cc(-c2oncc2-c2ccccc2Cl)c[nH]1)N1CCOCC1. The standard InChI is InChI=1S/C18H16ClN3O3/c19-15-4-2-1-3-13(15)14-11-21-25-17(14)12-9-16(20-10-12)18(23)22-5-7-24-8-6-22/h1-4,9-11,20H,5-8H2. The number of hydrogen-bond donors (Lipinski definition) is 1. The van der Waals surface area contributed by atoms with Gasteiger partial charge in [0.05, 0.1) is 25.0 Å². The molecule has 0 unspecified atom stereocenters. The van der Waals surface area contributed by atoms with Crippen molar-refractivity contribution in [1.29, 1.82) is 0 Å². The van der Waals surface area contributed by atoms with E-state index >= 15 is 0 Å². The number of rotatable bonds is 3. The quantitative estimate of drug-likeness (QED) is 0.779. The number of benzene rings is 1. The van der Waals surface area contributed by atoms with Crippen LogP contribution in [-0.4, -0.2) is 47.3 Å². The maximum atomic E-state index is 12.6. The van der Waals surface area contributed by atoms with E-state index in [1.807, 2.05) is 24.3 Å². The predicted octanol–water partition coefficient (Wildman–Crippen LogP) is 3.46. The van der Waals surface area contributed by atoms with Gasteiger partial charge >= 0.3 is 0 Å². The molecule has 6 nitrogen and oxygen atoms in total. The molecular formula is C18H16ClN3O3. The summed E-state index contributed by atoms with van der Waals surface area (Å²) in [5, 5.41) is 4.52. The molecule has 1 saturated heterocycles. The van der Waals surface area contributed by atoms with Crippen LogP contribution in [0.2, 0.25) is 5.02 Å². The molecule has 1 aliphatic rings. The Hall–Kier alpha value is -2.57. The van der Waals surface area contributed by atoms with E-state index in [9.17, 15) is 4.79 Å². The highest BCUT2D eigenvalue weighted by atomic mass is 35.5. The smallest absolute Gasteiger partial charge is 0.270 e. The van der Waals surface area contributed by atoms with E-state index in [2.05, 4.69) is 10.1 Å². The first-order valence-electron chi connectivity index (χ1n) is 7.99. The predicted molar refractivity (Wildman–Crippen MR) is 93.5 cm³/mol. The minimum Gasteiger partial charge on any atom is -0.378 e. The second-order valence-electron chi connectivity index (χ2n) is 5.76. The summed E-state index contributed by atoms with van der Waals surface area (Å²) in [6.45, 7) is 2.33. The van der Waals surface area contributed by atoms with Crippen LogP contribution in [0.25, 0.3) is 22.5 Å². The Labute approximate surface area is 149 Å². The number of halogens is 1. The van der Waals surface area contributed by atoms with Gasteiger partial charge in [0, 0.05) is 35.4 Å². The normalized spacial score (nSPS) is 14.7. The first-order valence-corrected chi connectivity index (χ1v) is 8.37. The van der Waals surface area contributed by atoms with Crippen LogP contribution in [0.15, 0.2) is 47.2 Å². The third-order valence-electron chi connectivity index (χ3n) is 4.21. The molecule has 0 radical (unpaired) electrons. The Morgan fingerprint density at radius 1 is 1.20 bits per heavy atom. The van der Waals surface area contributed by atoms with E-state index in [1.54, 1.807) is 23.4 Å². The minimum atomic E-state index is -0.0478. The van der Waals surface area contributed by atoms with E-state index in [-0.39, 0.29) is 5.91 Å². The number of aromatic amines is 1. The largest absolute Gasteiger partial charge is 0.378 e. The van der Waals surface area contributed by atoms with Gasteiger partial charge in [0.1, 0.15) is 5.69 Å². The van der Waals surface area contributed by atoms with Gasteiger partial charge in [-0.15, -0.1) is 0 Å². The Kier molecular flexibility index (Phi) is 4.29. The van der Waals surface area contributed by atoms with Gasteiger partial charge in [-0.25, -0.2) is 0 Å². The van der Waals surface area contributed by atoms with Gasteiger partial charge < -0.3 is 19.1 Å². The minimum absolute atomic E-state index is 0.0478. The van der Waals surface area contributed by atoms with E-state index in [1.165, 1.54) is 0 Å². The van der Waals surface area contributed by atoms with Gasteiger partial charge in [-0.05, 0) is 12.1 Å². The van der Waals surface area contributed by atoms with Crippen molar-refractivity contribution in [3.63, 3.8) is 0 Å². The molecule has 3 aromatic rings. The maximum absolute atomic E-state index is 12.6. The molecule has 0 spiro atoms. The van der Waals surface area contributed by atoms with Crippen LogP contribution in [0.3, 0.4) is 0 Å². The highest BCUT2D eigenvalue weighted by molar-refractivity contribution is 6.33. The molecule has 0 aliphatic carbocycles. The highest BCUT2D eigenvalue weighted by Gasteiger charge is 2.22. The van der Waals surface area contributed by atoms with Gasteiger partial charge in [0.15, 0.2) is 5.76 Å². The number of morpholine rings is 1. The Balaban J connectivity index is 1.64. The summed E-state index contributed by atoms with van der Waals surface area (Å²) in [5.41, 5.74) is 2.89. The second kappa shape index (κ2) is 6.74. The number of nitrogens with one attached hydrogen (secondary N) is 1. The first kappa shape index (κ1) is 15.9. The molecule has 1 fully saturated rings. The number of amides is 1. The fraction of sp³-hybridized carbons (Fsp3) is 0.222. The fourth-order valence-electron chi connectivity index (χ4n) is 2.90. The van der Waals surface area contributed by atoms with E-state index in [0.29, 0.717) is 42.8 Å². The average molecular weight is 358 g/mol. The van der Waals surface area contributed by atoms with Crippen LogP contribution < -0.4 is 0 Å². The molecule has 1 N–H and O–H groups in total. The van der Waals surface area contributed by atoms with Crippen LogP contribution in [0.1, 0.15) is 10.5 Å². The van der Waals surface area contributed by atoms with Crippen LogP contribution >= 0.6 is 11.6 Å². The van der Waals surface area contributed by atoms with Crippen molar-refractivity contribution in [3.05, 3.63) is 53.4 Å². The van der Waals surface area contributed by atoms with Crippen LogP contribution in [-0.2, 0) is 4.74 Å². The molecule has 25 heavy (non-hydrogen) atoms. The maximum Gasteiger partial charge on any atom is 0.270 e. The molecule has 0 atom stereocenters. The van der Waals surface area contributed by atoms with Gasteiger partial charge in [-0.1, -0.05) is 35.0 Å². The van der Waals surface area contributed by atoms with Crippen molar-refractivity contribution >= 4 is 17.5 Å². The molecule has 7 heteroatoms. The van der Waals surface area contributed by atoms with Gasteiger partial charge in [0.2, 0.25) is 0 Å². The lowest BCUT2D eigenvalue weighted by Crippen LogP contribution is -2.40. The van der Waals surface area contributed by atoms with Crippen molar-refractivity contribution < 1.29 is 14.1 Å². The lowest BCUT2D eigenvalue weighted by molar-refractivity contribution is 0.0299. The Morgan fingerprint density at radius 3 is 2.80 bits per heavy atom. The number of aromatic nitrogens is 2. The molecule has 0 saturated carbocycles. The number of H-pyrrole nitrogens is 1. The van der Waals surface area contributed by atoms with Crippen LogP contribution in [0, 0.1) is 0 Å². The van der Waals surface area contributed by atoms with E-state index in [0.717, 1.165) is 16.7 Å². The zero-order chi connectivity index (χ0) is 17.2. The van der Waals surface area contributed by atoms with Crippen molar-refractivity contribution in [2.24, 2.45) is 0 Å². The van der Waals surface area contributed by atoms with Gasteiger partial charge in [-0.3, -0.25) is 4.79 Å². The molecule has 4 rings (SSSR count). The summed E-state index contributed by atoms with van der Waals surface area (Å²) in [7, 11) is 0. The highest BCUT2D eigenvalue weighted by Crippen LogP contribution is 2.36. The monoisotopic (exact) mass is 357 g/mol. The number of ether oxygens (including phenoxy) is 1. The zero-order valence-electron chi connectivity index (χ0n) is 13.4. The molecule has 1 aliphatic heterocycles. The third kappa shape index (κ3) is 3.06. The summed E-state index contributed by atoms with van der Waals surface area (Å²) in [6.07, 6.45) is 3.38. The van der Waals surface area contributed by atoms with Crippen LogP contribution in [0.4, 0.5) is 0 Å². The average Bonchev–Trinajstić information content (AvgIpc) is 3.31. The van der Waals surface area contributed by atoms with Gasteiger partial charge in [0.25, 0.3) is 5.91 Å². The van der Waals surface area contributed by atoms with Crippen LogP contribution in [0.5, 0.6) is 0 Å². The summed E-state index contributed by atoms with van der Waals surface area (Å²) in [6, 6.07) is 9.28. The van der Waals surface area contributed by atoms with Crippen molar-refractivity contribution in [1.82, 2.24) is 15.0 Å². The number of hydrogen-bond acceptors (Lipinski definition) is 4. The summed E-state index contributed by atoms with van der Waals surface area (Å²) < 4.78 is 10.7. The van der Waals surface area contributed by atoms with Crippen molar-refractivity contribution in [3.8, 4) is 22.5 Å². The number of carbonyl (C=O) groups excluding carboxylic acids is 1. The van der Waals surface area contributed by atoms with Gasteiger partial charge in [-0.2, -0.15) is 0 Å².